The Balaban J connectivity index is 0.000000223. The average molecular weight is 900 g/mol. The fourth-order valence-corrected chi connectivity index (χ4v) is 6.95. The number of benzene rings is 4. The average Bonchev–Trinajstić information content (AvgIpc) is 3.84. The highest BCUT2D eigenvalue weighted by Gasteiger charge is 2.32. The van der Waals surface area contributed by atoms with Crippen LogP contribution in [0, 0.1) is 11.6 Å². The predicted molar refractivity (Wildman–Crippen MR) is 210 cm³/mol. The number of carbonyl (C=O) groups is 1. The number of nitrogen functional groups attached to an aromatic ring is 1. The highest BCUT2D eigenvalue weighted by atomic mass is 32.2. The molecule has 326 valence electrons. The van der Waals surface area contributed by atoms with Gasteiger partial charge in [0.05, 0.1) is 50.5 Å². The van der Waals surface area contributed by atoms with Gasteiger partial charge in [0.25, 0.3) is 0 Å². The molecule has 0 aliphatic heterocycles. The maximum absolute atomic E-state index is 14.2. The number of nitrogens with one attached hydrogen (secondary N) is 2. The number of aldehydes is 1. The van der Waals surface area contributed by atoms with E-state index in [4.69, 9.17) is 5.73 Å². The van der Waals surface area contributed by atoms with Gasteiger partial charge in [-0.15, -0.1) is 0 Å². The van der Waals surface area contributed by atoms with Gasteiger partial charge >= 0.3 is 12.4 Å². The van der Waals surface area contributed by atoms with Gasteiger partial charge in [-0.2, -0.15) is 26.3 Å². The summed E-state index contributed by atoms with van der Waals surface area (Å²) in [6.45, 7) is 0. The Bertz CT molecular complexity index is 2730. The zero-order chi connectivity index (χ0) is 45.5. The van der Waals surface area contributed by atoms with E-state index >= 15 is 0 Å². The molecule has 4 N–H and O–H groups in total. The molecule has 0 atom stereocenters. The molecule has 0 unspecified atom stereocenters. The minimum absolute atomic E-state index is 0.0510. The Kier molecular flexibility index (Phi) is 15.0. The predicted octanol–water partition coefficient (Wildman–Crippen LogP) is 7.17. The van der Waals surface area contributed by atoms with E-state index in [1.54, 1.807) is 53.4 Å². The normalized spacial score (nSPS) is 11.9. The van der Waals surface area contributed by atoms with Crippen molar-refractivity contribution in [3.05, 3.63) is 137 Å². The minimum atomic E-state index is -4.61. The fraction of sp³-hybridized carbons (Fsp3) is 0.205. The molecule has 0 saturated heterocycles. The molecule has 0 fully saturated rings. The maximum Gasteiger partial charge on any atom is 0.416 e. The molecule has 0 saturated carbocycles. The standard InChI is InChI=1S/C20H19F4N3O2S.C11H14N4O2S.C8H4F4O/c1-25-30(28,29)16-8-6-13(17(10-16)19-11-27(2)12-26-19)3-4-14-5-7-15(9-18(14)21)20(22,23)24;1-13-18(16,17)8-3-4-10(12)9(5-8)11-6-15(2)7-14-11;9-7-3-6(8(10,11)12)2-1-5(7)4-13/h5-12,25H,3-4H2,1-2H3;3-7,13H,12H2,1-2H3;1-4H. The molecule has 6 rings (SSSR count). The summed E-state index contributed by atoms with van der Waals surface area (Å²) in [7, 11) is -0.891. The number of nitrogens with zero attached hydrogens (tertiary/aromatic N) is 4. The van der Waals surface area contributed by atoms with Crippen LogP contribution >= 0.6 is 0 Å². The van der Waals surface area contributed by atoms with E-state index in [9.17, 15) is 56.8 Å². The van der Waals surface area contributed by atoms with Crippen LogP contribution in [0.2, 0.25) is 0 Å². The topological polar surface area (TPSA) is 171 Å². The Labute approximate surface area is 345 Å². The molecule has 0 bridgehead atoms. The lowest BCUT2D eigenvalue weighted by Crippen LogP contribution is -2.18. The minimum Gasteiger partial charge on any atom is -0.398 e. The number of aromatic nitrogens is 4. The molecule has 0 radical (unpaired) electrons. The first-order valence-electron chi connectivity index (χ1n) is 17.4. The van der Waals surface area contributed by atoms with E-state index in [2.05, 4.69) is 19.4 Å². The Morgan fingerprint density at radius 1 is 0.639 bits per heavy atom. The summed E-state index contributed by atoms with van der Waals surface area (Å²) in [5.41, 5.74) is 6.99. The summed E-state index contributed by atoms with van der Waals surface area (Å²) in [5.74, 6) is -2.09. The zero-order valence-electron chi connectivity index (χ0n) is 32.5. The van der Waals surface area contributed by atoms with E-state index in [0.717, 1.165) is 18.2 Å². The van der Waals surface area contributed by atoms with E-state index < -0.39 is 55.2 Å². The molecule has 4 aromatic carbocycles. The summed E-state index contributed by atoms with van der Waals surface area (Å²) >= 11 is 0. The number of sulfonamides is 2. The second-order valence-electron chi connectivity index (χ2n) is 13.0. The van der Waals surface area contributed by atoms with Gasteiger partial charge in [0, 0.05) is 43.3 Å². The number of anilines is 1. The zero-order valence-corrected chi connectivity index (χ0v) is 34.1. The van der Waals surface area contributed by atoms with Crippen molar-refractivity contribution in [2.24, 2.45) is 14.1 Å². The van der Waals surface area contributed by atoms with Crippen LogP contribution in [-0.4, -0.2) is 56.3 Å². The van der Waals surface area contributed by atoms with Crippen LogP contribution in [0.1, 0.15) is 32.6 Å². The van der Waals surface area contributed by atoms with E-state index in [-0.39, 0.29) is 40.0 Å². The molecule has 12 nitrogen and oxygen atoms in total. The lowest BCUT2D eigenvalue weighted by molar-refractivity contribution is -0.138. The van der Waals surface area contributed by atoms with Crippen molar-refractivity contribution in [3.63, 3.8) is 0 Å². The summed E-state index contributed by atoms with van der Waals surface area (Å²) in [5, 5.41) is 0. The summed E-state index contributed by atoms with van der Waals surface area (Å²) in [6, 6.07) is 13.3. The maximum atomic E-state index is 14.2. The molecule has 22 heteroatoms. The van der Waals surface area contributed by atoms with Crippen LogP contribution in [-0.2, 0) is 59.3 Å². The van der Waals surface area contributed by atoms with Crippen LogP contribution in [0.25, 0.3) is 22.5 Å². The second kappa shape index (κ2) is 19.2. The fourth-order valence-electron chi connectivity index (χ4n) is 5.44. The third-order valence-corrected chi connectivity index (χ3v) is 11.5. The highest BCUT2D eigenvalue weighted by molar-refractivity contribution is 7.89. The van der Waals surface area contributed by atoms with Gasteiger partial charge in [0.2, 0.25) is 20.0 Å². The van der Waals surface area contributed by atoms with Crippen molar-refractivity contribution in [2.75, 3.05) is 19.8 Å². The number of aryl methyl sites for hydroxylation is 4. The molecule has 0 amide bonds. The van der Waals surface area contributed by atoms with Crippen molar-refractivity contribution >= 4 is 32.0 Å². The summed E-state index contributed by atoms with van der Waals surface area (Å²) < 4.78 is 157. The first-order valence-corrected chi connectivity index (χ1v) is 20.4. The Morgan fingerprint density at radius 2 is 1.08 bits per heavy atom. The Hall–Kier alpha value is -5.97. The molecule has 2 aromatic heterocycles. The van der Waals surface area contributed by atoms with Crippen molar-refractivity contribution in [1.82, 2.24) is 28.5 Å². The second-order valence-corrected chi connectivity index (χ2v) is 16.8. The first kappa shape index (κ1) is 47.7. The molecule has 0 aliphatic carbocycles. The lowest BCUT2D eigenvalue weighted by atomic mass is 9.97. The van der Waals surface area contributed by atoms with Gasteiger partial charge in [-0.3, -0.25) is 4.79 Å². The monoisotopic (exact) mass is 899 g/mol. The number of carbonyl (C=O) groups excluding carboxylic acids is 1. The number of alkyl halides is 6. The van der Waals surface area contributed by atoms with Crippen LogP contribution in [0.5, 0.6) is 0 Å². The van der Waals surface area contributed by atoms with E-state index in [0.29, 0.717) is 52.0 Å². The number of hydrogen-bond donors (Lipinski definition) is 3. The van der Waals surface area contributed by atoms with Gasteiger partial charge in [0.15, 0.2) is 6.29 Å². The number of nitrogens with two attached hydrogens (primary N) is 1. The summed E-state index contributed by atoms with van der Waals surface area (Å²) in [4.78, 5) is 18.7. The first-order chi connectivity index (χ1) is 28.4. The molecule has 6 aromatic rings. The van der Waals surface area contributed by atoms with Crippen molar-refractivity contribution in [2.45, 2.75) is 35.0 Å². The van der Waals surface area contributed by atoms with Crippen molar-refractivity contribution < 1.29 is 56.8 Å². The number of hydrogen-bond acceptors (Lipinski definition) is 8. The van der Waals surface area contributed by atoms with Crippen LogP contribution < -0.4 is 15.2 Å². The van der Waals surface area contributed by atoms with Gasteiger partial charge in [-0.1, -0.05) is 12.1 Å². The van der Waals surface area contributed by atoms with Gasteiger partial charge < -0.3 is 14.9 Å². The van der Waals surface area contributed by atoms with Gasteiger partial charge in [0.1, 0.15) is 11.6 Å². The number of imidazole rings is 2. The quantitative estimate of drug-likeness (QED) is 0.0738. The van der Waals surface area contributed by atoms with Crippen molar-refractivity contribution in [3.8, 4) is 22.5 Å². The van der Waals surface area contributed by atoms with E-state index in [1.807, 2.05) is 7.05 Å². The number of halogens is 8. The van der Waals surface area contributed by atoms with Gasteiger partial charge in [-0.05, 0) is 98.7 Å². The molecular weight excluding hydrogens is 863 g/mol. The van der Waals surface area contributed by atoms with Gasteiger partial charge in [-0.25, -0.2) is 45.0 Å². The van der Waals surface area contributed by atoms with E-state index in [1.165, 1.54) is 38.4 Å². The smallest absolute Gasteiger partial charge is 0.398 e. The highest BCUT2D eigenvalue weighted by Crippen LogP contribution is 2.32. The molecule has 61 heavy (non-hydrogen) atoms. The molecule has 0 aliphatic rings. The van der Waals surface area contributed by atoms with Crippen LogP contribution in [0.4, 0.5) is 40.8 Å². The number of rotatable bonds is 10. The molecule has 2 heterocycles. The largest absolute Gasteiger partial charge is 0.416 e. The van der Waals surface area contributed by atoms with Crippen molar-refractivity contribution in [1.29, 1.82) is 0 Å². The SMILES string of the molecule is CNS(=O)(=O)c1ccc(CCc2ccc(C(F)(F)F)cc2F)c(-c2cn(C)cn2)c1.CNS(=O)(=O)c1ccc(N)c(-c2cn(C)cn2)c1.O=Cc1ccc(C(F)(F)F)cc1F. The third-order valence-electron chi connectivity index (χ3n) is 8.72. The Morgan fingerprint density at radius 3 is 1.52 bits per heavy atom. The lowest BCUT2D eigenvalue weighted by Gasteiger charge is -2.12. The van der Waals surface area contributed by atoms with Crippen LogP contribution in [0.15, 0.2) is 108 Å². The molecular formula is C39H37F8N7O5S2. The third kappa shape index (κ3) is 12.3. The molecule has 0 spiro atoms. The van der Waals surface area contributed by atoms with Crippen LogP contribution in [0.3, 0.4) is 0 Å². The summed E-state index contributed by atoms with van der Waals surface area (Å²) in [6.07, 6.45) is -1.91.